The average molecular weight is 395 g/mol. The van der Waals surface area contributed by atoms with Gasteiger partial charge in [-0.15, -0.1) is 0 Å². The van der Waals surface area contributed by atoms with Crippen molar-refractivity contribution in [3.05, 3.63) is 17.7 Å². The molecule has 1 aliphatic heterocycles. The number of carbonyl (C=O) groups excluding carboxylic acids is 2. The molecule has 0 N–H and O–H groups in total. The highest BCUT2D eigenvalue weighted by atomic mass is 16.5. The van der Waals surface area contributed by atoms with Crippen LogP contribution >= 0.6 is 0 Å². The maximum atomic E-state index is 12.3. The summed E-state index contributed by atoms with van der Waals surface area (Å²) < 4.78 is 26.7. The van der Waals surface area contributed by atoms with Gasteiger partial charge in [0.25, 0.3) is 5.91 Å². The Kier molecular flexibility index (Phi) is 7.92. The molecule has 0 bridgehead atoms. The van der Waals surface area contributed by atoms with Crippen molar-refractivity contribution in [2.75, 3.05) is 41.0 Å². The molecule has 2 rings (SSSR count). The Balaban J connectivity index is 1.86. The Labute approximate surface area is 165 Å². The number of methoxy groups -OCH3 is 3. The average Bonchev–Trinajstić information content (AvgIpc) is 2.68. The Morgan fingerprint density at radius 3 is 2.11 bits per heavy atom. The number of nitrogens with zero attached hydrogens (tertiary/aromatic N) is 1. The van der Waals surface area contributed by atoms with Crippen molar-refractivity contribution in [2.24, 2.45) is 0 Å². The Morgan fingerprint density at radius 2 is 1.61 bits per heavy atom. The van der Waals surface area contributed by atoms with E-state index in [1.165, 1.54) is 21.3 Å². The molecule has 0 aliphatic carbocycles. The Morgan fingerprint density at radius 1 is 1.04 bits per heavy atom. The summed E-state index contributed by atoms with van der Waals surface area (Å²) in [6.07, 6.45) is 0.517. The van der Waals surface area contributed by atoms with Gasteiger partial charge < -0.3 is 28.6 Å². The number of esters is 1. The Hall–Kier alpha value is -2.48. The lowest BCUT2D eigenvalue weighted by atomic mass is 10.1. The molecule has 0 radical (unpaired) electrons. The van der Waals surface area contributed by atoms with Crippen molar-refractivity contribution in [1.29, 1.82) is 0 Å². The normalized spacial score (nSPS) is 19.1. The molecule has 8 nitrogen and oxygen atoms in total. The van der Waals surface area contributed by atoms with E-state index in [-0.39, 0.29) is 31.1 Å². The third-order valence-electron chi connectivity index (χ3n) is 4.47. The van der Waals surface area contributed by atoms with Crippen molar-refractivity contribution < 1.29 is 33.3 Å². The van der Waals surface area contributed by atoms with E-state index in [2.05, 4.69) is 0 Å². The first-order chi connectivity index (χ1) is 13.4. The van der Waals surface area contributed by atoms with Gasteiger partial charge >= 0.3 is 5.97 Å². The zero-order valence-corrected chi connectivity index (χ0v) is 17.1. The monoisotopic (exact) mass is 395 g/mol. The molecular weight excluding hydrogens is 366 g/mol. The molecule has 156 valence electrons. The predicted molar refractivity (Wildman–Crippen MR) is 102 cm³/mol. The molecule has 1 heterocycles. The summed E-state index contributed by atoms with van der Waals surface area (Å²) in [5.41, 5.74) is 0.841. The number of rotatable bonds is 8. The molecule has 28 heavy (non-hydrogen) atoms. The van der Waals surface area contributed by atoms with E-state index >= 15 is 0 Å². The van der Waals surface area contributed by atoms with Gasteiger partial charge in [0.15, 0.2) is 18.1 Å². The number of aryl methyl sites for hydroxylation is 1. The maximum absolute atomic E-state index is 12.3. The molecule has 1 aromatic carbocycles. The molecule has 0 saturated carbocycles. The molecule has 1 fully saturated rings. The van der Waals surface area contributed by atoms with Gasteiger partial charge in [0.05, 0.1) is 33.5 Å². The smallest absolute Gasteiger partial charge is 0.306 e. The zero-order valence-electron chi connectivity index (χ0n) is 17.1. The van der Waals surface area contributed by atoms with Gasteiger partial charge in [0, 0.05) is 19.5 Å². The summed E-state index contributed by atoms with van der Waals surface area (Å²) in [6.45, 7) is 4.59. The number of ether oxygens (including phenoxy) is 5. The third kappa shape index (κ3) is 5.76. The second kappa shape index (κ2) is 10.2. The minimum absolute atomic E-state index is 0.0246. The molecule has 8 heteroatoms. The van der Waals surface area contributed by atoms with Crippen LogP contribution in [-0.2, 0) is 25.5 Å². The number of hydrogen-bond donors (Lipinski definition) is 0. The minimum Gasteiger partial charge on any atom is -0.493 e. The lowest BCUT2D eigenvalue weighted by molar-refractivity contribution is -0.157. The lowest BCUT2D eigenvalue weighted by Crippen LogP contribution is -2.49. The highest BCUT2D eigenvalue weighted by Crippen LogP contribution is 2.38. The van der Waals surface area contributed by atoms with Gasteiger partial charge in [-0.1, -0.05) is 0 Å². The van der Waals surface area contributed by atoms with Crippen LogP contribution in [0.5, 0.6) is 17.2 Å². The molecule has 1 aromatic rings. The van der Waals surface area contributed by atoms with Crippen LogP contribution in [0.15, 0.2) is 12.1 Å². The fourth-order valence-electron chi connectivity index (χ4n) is 3.21. The van der Waals surface area contributed by atoms with Crippen molar-refractivity contribution in [2.45, 2.75) is 38.9 Å². The van der Waals surface area contributed by atoms with Crippen molar-refractivity contribution in [3.8, 4) is 17.2 Å². The van der Waals surface area contributed by atoms with Crippen LogP contribution in [0, 0.1) is 0 Å². The van der Waals surface area contributed by atoms with E-state index in [4.69, 9.17) is 23.7 Å². The van der Waals surface area contributed by atoms with Crippen LogP contribution in [0.1, 0.15) is 25.8 Å². The molecule has 0 unspecified atom stereocenters. The van der Waals surface area contributed by atoms with Crippen molar-refractivity contribution in [3.63, 3.8) is 0 Å². The number of benzene rings is 1. The summed E-state index contributed by atoms with van der Waals surface area (Å²) in [5, 5.41) is 0. The third-order valence-corrected chi connectivity index (χ3v) is 4.47. The molecule has 2 atom stereocenters. The predicted octanol–water partition coefficient (Wildman–Crippen LogP) is 1.82. The number of amides is 1. The minimum atomic E-state index is -0.434. The van der Waals surface area contributed by atoms with Gasteiger partial charge in [-0.05, 0) is 38.0 Å². The zero-order chi connectivity index (χ0) is 20.7. The van der Waals surface area contributed by atoms with E-state index in [9.17, 15) is 9.59 Å². The van der Waals surface area contributed by atoms with Gasteiger partial charge in [-0.25, -0.2) is 0 Å². The molecule has 1 saturated heterocycles. The second-order valence-corrected chi connectivity index (χ2v) is 6.75. The summed E-state index contributed by atoms with van der Waals surface area (Å²) in [6, 6.07) is 3.58. The molecular formula is C20H29NO7. The molecule has 0 aromatic heterocycles. The van der Waals surface area contributed by atoms with Gasteiger partial charge in [-0.2, -0.15) is 0 Å². The van der Waals surface area contributed by atoms with E-state index in [1.54, 1.807) is 17.0 Å². The fourth-order valence-corrected chi connectivity index (χ4v) is 3.21. The van der Waals surface area contributed by atoms with Crippen LogP contribution < -0.4 is 14.2 Å². The number of hydrogen-bond acceptors (Lipinski definition) is 7. The first-order valence-electron chi connectivity index (χ1n) is 9.25. The summed E-state index contributed by atoms with van der Waals surface area (Å²) >= 11 is 0. The van der Waals surface area contributed by atoms with Crippen LogP contribution in [0.4, 0.5) is 0 Å². The lowest BCUT2D eigenvalue weighted by Gasteiger charge is -2.35. The maximum Gasteiger partial charge on any atom is 0.306 e. The van der Waals surface area contributed by atoms with Crippen LogP contribution in [0.3, 0.4) is 0 Å². The van der Waals surface area contributed by atoms with E-state index < -0.39 is 5.97 Å². The summed E-state index contributed by atoms with van der Waals surface area (Å²) in [5.74, 6) is 0.905. The molecule has 1 aliphatic rings. The van der Waals surface area contributed by atoms with Crippen LogP contribution in [0.2, 0.25) is 0 Å². The standard InChI is InChI=1S/C20H29NO7/c1-13-10-21(11-14(2)28-13)18(22)12-27-19(23)7-6-15-8-16(24-3)20(26-5)17(9-15)25-4/h8-9,13-14H,6-7,10-12H2,1-5H3/t13-,14+. The van der Waals surface area contributed by atoms with Gasteiger partial charge in [-0.3, -0.25) is 9.59 Å². The number of morpholine rings is 1. The van der Waals surface area contributed by atoms with Crippen molar-refractivity contribution >= 4 is 11.9 Å². The number of carbonyl (C=O) groups is 2. The first-order valence-corrected chi connectivity index (χ1v) is 9.25. The highest BCUT2D eigenvalue weighted by Gasteiger charge is 2.26. The highest BCUT2D eigenvalue weighted by molar-refractivity contribution is 5.80. The van der Waals surface area contributed by atoms with E-state index in [0.717, 1.165) is 5.56 Å². The van der Waals surface area contributed by atoms with Gasteiger partial charge in [0.1, 0.15) is 0 Å². The summed E-state index contributed by atoms with van der Waals surface area (Å²) in [4.78, 5) is 26.0. The van der Waals surface area contributed by atoms with Crippen LogP contribution in [-0.4, -0.2) is 70.0 Å². The summed E-state index contributed by atoms with van der Waals surface area (Å²) in [7, 11) is 4.60. The van der Waals surface area contributed by atoms with E-state index in [0.29, 0.717) is 36.8 Å². The molecule has 1 amide bonds. The van der Waals surface area contributed by atoms with Crippen LogP contribution in [0.25, 0.3) is 0 Å². The first kappa shape index (κ1) is 21.8. The van der Waals surface area contributed by atoms with Crippen molar-refractivity contribution in [1.82, 2.24) is 4.90 Å². The molecule has 0 spiro atoms. The Bertz CT molecular complexity index is 656. The quantitative estimate of drug-likeness (QED) is 0.621. The largest absolute Gasteiger partial charge is 0.493 e. The topological polar surface area (TPSA) is 83.5 Å². The van der Waals surface area contributed by atoms with Gasteiger partial charge in [0.2, 0.25) is 5.75 Å². The second-order valence-electron chi connectivity index (χ2n) is 6.75. The SMILES string of the molecule is COc1cc(CCC(=O)OCC(=O)N2C[C@@H](C)O[C@@H](C)C2)cc(OC)c1OC. The fraction of sp³-hybridized carbons (Fsp3) is 0.600. The van der Waals surface area contributed by atoms with E-state index in [1.807, 2.05) is 13.8 Å².